The number of rotatable bonds is 15. The number of carbonyl (C=O) groups excluding carboxylic acids is 1. The first-order valence-corrected chi connectivity index (χ1v) is 16.5. The fourth-order valence-corrected chi connectivity index (χ4v) is 6.43. The highest BCUT2D eigenvalue weighted by molar-refractivity contribution is 5.76. The topological polar surface area (TPSA) is 129 Å². The number of aliphatic carboxylic acids is 1. The van der Waals surface area contributed by atoms with Crippen molar-refractivity contribution in [3.05, 3.63) is 95.1 Å². The molecule has 3 aromatic carbocycles. The van der Waals surface area contributed by atoms with E-state index in [4.69, 9.17) is 14.6 Å². The molecule has 2 aliphatic heterocycles. The summed E-state index contributed by atoms with van der Waals surface area (Å²) in [6.07, 6.45) is 4.45. The molecule has 4 atom stereocenters. The molecular formula is C37H46N2O7. The second-order valence-corrected chi connectivity index (χ2v) is 12.3. The molecular weight excluding hydrogens is 584 g/mol. The van der Waals surface area contributed by atoms with E-state index >= 15 is 0 Å². The number of unbranched alkanes of at least 4 members (excludes halogenated alkanes) is 2. The molecule has 46 heavy (non-hydrogen) atoms. The zero-order valence-electron chi connectivity index (χ0n) is 26.4. The van der Waals surface area contributed by atoms with Crippen molar-refractivity contribution in [2.75, 3.05) is 19.7 Å². The summed E-state index contributed by atoms with van der Waals surface area (Å²) in [6.45, 7) is 2.24. The zero-order valence-corrected chi connectivity index (χ0v) is 26.4. The lowest BCUT2D eigenvalue weighted by Gasteiger charge is -2.38. The van der Waals surface area contributed by atoms with Crippen LogP contribution in [0.25, 0.3) is 11.1 Å². The Morgan fingerprint density at radius 3 is 2.35 bits per heavy atom. The molecule has 2 fully saturated rings. The molecule has 2 heterocycles. The number of nitrogens with one attached hydrogen (secondary N) is 1. The van der Waals surface area contributed by atoms with Crippen molar-refractivity contribution in [1.29, 1.82) is 0 Å². The van der Waals surface area contributed by atoms with E-state index in [2.05, 4.69) is 22.3 Å². The van der Waals surface area contributed by atoms with E-state index in [1.165, 1.54) is 0 Å². The van der Waals surface area contributed by atoms with Gasteiger partial charge in [0.25, 0.3) is 0 Å². The van der Waals surface area contributed by atoms with Gasteiger partial charge in [-0.1, -0.05) is 79.2 Å². The van der Waals surface area contributed by atoms with E-state index < -0.39 is 12.3 Å². The van der Waals surface area contributed by atoms with Gasteiger partial charge in [-0.2, -0.15) is 0 Å². The zero-order chi connectivity index (χ0) is 32.3. The van der Waals surface area contributed by atoms with Crippen molar-refractivity contribution in [2.45, 2.75) is 89.1 Å². The molecule has 4 unspecified atom stereocenters. The Labute approximate surface area is 271 Å². The normalized spacial score (nSPS) is 21.7. The number of carbonyl (C=O) groups is 2. The Bertz CT molecular complexity index is 1410. The number of ether oxygens (including phenoxy) is 2. The summed E-state index contributed by atoms with van der Waals surface area (Å²) in [6, 6.07) is 24.2. The summed E-state index contributed by atoms with van der Waals surface area (Å²) in [5.74, 6) is -0.845. The van der Waals surface area contributed by atoms with Gasteiger partial charge >= 0.3 is 5.97 Å². The van der Waals surface area contributed by atoms with E-state index in [1.807, 2.05) is 60.7 Å². The molecule has 5 rings (SSSR count). The lowest BCUT2D eigenvalue weighted by atomic mass is 9.97. The van der Waals surface area contributed by atoms with Crippen LogP contribution >= 0.6 is 0 Å². The van der Waals surface area contributed by atoms with E-state index in [9.17, 15) is 19.8 Å². The molecule has 0 aromatic heterocycles. The lowest BCUT2D eigenvalue weighted by molar-refractivity contribution is -0.253. The second kappa shape index (κ2) is 16.8. The molecule has 3 aromatic rings. The van der Waals surface area contributed by atoms with Gasteiger partial charge in [0, 0.05) is 44.0 Å². The van der Waals surface area contributed by atoms with E-state index in [-0.39, 0.29) is 43.8 Å². The van der Waals surface area contributed by atoms with Crippen LogP contribution < -0.4 is 5.32 Å². The van der Waals surface area contributed by atoms with Crippen LogP contribution in [-0.4, -0.2) is 63.9 Å². The number of aliphatic hydroxyl groups excluding tert-OH is 2. The summed E-state index contributed by atoms with van der Waals surface area (Å²) >= 11 is 0. The number of carboxylic acids is 1. The highest BCUT2D eigenvalue weighted by Gasteiger charge is 2.35. The van der Waals surface area contributed by atoms with Crippen LogP contribution in [0, 0.1) is 0 Å². The number of hydrogen-bond acceptors (Lipinski definition) is 7. The molecule has 2 saturated heterocycles. The average Bonchev–Trinajstić information content (AvgIpc) is 3.54. The van der Waals surface area contributed by atoms with Crippen LogP contribution in [0.3, 0.4) is 0 Å². The second-order valence-electron chi connectivity index (χ2n) is 12.3. The first-order valence-electron chi connectivity index (χ1n) is 16.5. The van der Waals surface area contributed by atoms with Gasteiger partial charge in [-0.05, 0) is 60.0 Å². The molecule has 0 bridgehead atoms. The standard InChI is InChI=1S/C37H46N2O7/c40-24-26-12-14-28(15-13-26)34-21-32(23-39-20-6-8-31(39)25-41)45-37(46-34)29-18-16-27(17-19-29)33-9-5-4-7-30(33)22-38-35(42)10-2-1-3-11-36(43)44/h4-5,7,9,12-19,31-32,34,37,40-41H,1-3,6,8,10-11,20-25H2,(H,38,42)(H,43,44). The molecule has 4 N–H and O–H groups in total. The molecule has 0 aliphatic carbocycles. The van der Waals surface area contributed by atoms with Gasteiger partial charge in [0.1, 0.15) is 0 Å². The number of aliphatic hydroxyl groups is 2. The Balaban J connectivity index is 1.26. The number of nitrogens with zero attached hydrogens (tertiary/aromatic N) is 1. The van der Waals surface area contributed by atoms with Crippen molar-refractivity contribution in [3.63, 3.8) is 0 Å². The van der Waals surface area contributed by atoms with Crippen molar-refractivity contribution in [1.82, 2.24) is 10.2 Å². The van der Waals surface area contributed by atoms with Gasteiger partial charge in [-0.15, -0.1) is 0 Å². The minimum Gasteiger partial charge on any atom is -0.481 e. The average molecular weight is 631 g/mol. The number of carboxylic acid groups (broad SMARTS) is 1. The fraction of sp³-hybridized carbons (Fsp3) is 0.459. The SMILES string of the molecule is O=C(O)CCCCCC(=O)NCc1ccccc1-c1ccc(C2OC(CN3CCCC3CO)CC(c3ccc(CO)cc3)O2)cc1. The third-order valence-electron chi connectivity index (χ3n) is 9.04. The van der Waals surface area contributed by atoms with Crippen molar-refractivity contribution in [3.8, 4) is 11.1 Å². The van der Waals surface area contributed by atoms with Crippen LogP contribution in [0.5, 0.6) is 0 Å². The number of benzene rings is 3. The van der Waals surface area contributed by atoms with Gasteiger partial charge in [0.2, 0.25) is 5.91 Å². The number of amides is 1. The molecule has 2 aliphatic rings. The van der Waals surface area contributed by atoms with Crippen molar-refractivity contribution in [2.24, 2.45) is 0 Å². The molecule has 0 radical (unpaired) electrons. The number of likely N-dealkylation sites (tertiary alicyclic amines) is 1. The van der Waals surface area contributed by atoms with E-state index in [1.54, 1.807) is 0 Å². The third-order valence-corrected chi connectivity index (χ3v) is 9.04. The lowest BCUT2D eigenvalue weighted by Crippen LogP contribution is -2.42. The predicted octanol–water partition coefficient (Wildman–Crippen LogP) is 5.50. The van der Waals surface area contributed by atoms with E-state index in [0.717, 1.165) is 65.7 Å². The van der Waals surface area contributed by atoms with Crippen molar-refractivity contribution >= 4 is 11.9 Å². The van der Waals surface area contributed by atoms with Crippen molar-refractivity contribution < 1.29 is 34.4 Å². The molecule has 0 spiro atoms. The largest absolute Gasteiger partial charge is 0.481 e. The van der Waals surface area contributed by atoms with Crippen LogP contribution in [0.1, 0.15) is 86.0 Å². The maximum Gasteiger partial charge on any atom is 0.303 e. The van der Waals surface area contributed by atoms with Gasteiger partial charge in [-0.25, -0.2) is 0 Å². The summed E-state index contributed by atoms with van der Waals surface area (Å²) in [5.41, 5.74) is 5.88. The highest BCUT2D eigenvalue weighted by atomic mass is 16.7. The quantitative estimate of drug-likeness (QED) is 0.162. The third kappa shape index (κ3) is 9.24. The van der Waals surface area contributed by atoms with Crippen LogP contribution in [-0.2, 0) is 32.2 Å². The Kier molecular flexibility index (Phi) is 12.3. The van der Waals surface area contributed by atoms with Crippen LogP contribution in [0.4, 0.5) is 0 Å². The van der Waals surface area contributed by atoms with Gasteiger partial charge in [-0.3, -0.25) is 14.5 Å². The molecule has 1 amide bonds. The minimum absolute atomic E-state index is 0.00426. The number of hydrogen-bond donors (Lipinski definition) is 4. The minimum atomic E-state index is -0.805. The molecule has 9 nitrogen and oxygen atoms in total. The van der Waals surface area contributed by atoms with E-state index in [0.29, 0.717) is 32.2 Å². The summed E-state index contributed by atoms with van der Waals surface area (Å²) in [4.78, 5) is 25.4. The predicted molar refractivity (Wildman–Crippen MR) is 175 cm³/mol. The summed E-state index contributed by atoms with van der Waals surface area (Å²) in [5, 5.41) is 31.2. The summed E-state index contributed by atoms with van der Waals surface area (Å²) < 4.78 is 13.1. The smallest absolute Gasteiger partial charge is 0.303 e. The van der Waals surface area contributed by atoms with Gasteiger partial charge in [0.15, 0.2) is 6.29 Å². The summed E-state index contributed by atoms with van der Waals surface area (Å²) in [7, 11) is 0. The van der Waals surface area contributed by atoms with Crippen LogP contribution in [0.15, 0.2) is 72.8 Å². The molecule has 246 valence electrons. The Morgan fingerprint density at radius 2 is 1.61 bits per heavy atom. The molecule has 9 heteroatoms. The first-order chi connectivity index (χ1) is 22.4. The first kappa shape index (κ1) is 33.8. The monoisotopic (exact) mass is 630 g/mol. The fourth-order valence-electron chi connectivity index (χ4n) is 6.43. The highest BCUT2D eigenvalue weighted by Crippen LogP contribution is 2.39. The van der Waals surface area contributed by atoms with Gasteiger partial charge < -0.3 is 30.1 Å². The molecule has 0 saturated carbocycles. The maximum absolute atomic E-state index is 12.4. The van der Waals surface area contributed by atoms with Gasteiger partial charge in [0.05, 0.1) is 25.4 Å². The Hall–Kier alpha value is -3.60. The maximum atomic E-state index is 12.4. The van der Waals surface area contributed by atoms with Crippen LogP contribution in [0.2, 0.25) is 0 Å². The Morgan fingerprint density at radius 1 is 0.870 bits per heavy atom.